The first-order valence-electron chi connectivity index (χ1n) is 6.46. The molecule has 5 nitrogen and oxygen atoms in total. The zero-order valence-electron chi connectivity index (χ0n) is 11.4. The van der Waals surface area contributed by atoms with Gasteiger partial charge in [-0.25, -0.2) is 0 Å². The number of nitrogens with one attached hydrogen (secondary N) is 1. The molecule has 19 heavy (non-hydrogen) atoms. The van der Waals surface area contributed by atoms with E-state index in [-0.39, 0.29) is 18.4 Å². The molecule has 0 aromatic heterocycles. The Morgan fingerprint density at radius 3 is 2.42 bits per heavy atom. The second-order valence-corrected chi connectivity index (χ2v) is 4.19. The first-order chi connectivity index (χ1) is 9.10. The van der Waals surface area contributed by atoms with Crippen LogP contribution in [0.5, 0.6) is 0 Å². The molecule has 1 atom stereocenters. The molecule has 1 aromatic carbocycles. The summed E-state index contributed by atoms with van der Waals surface area (Å²) in [7, 11) is 0. The van der Waals surface area contributed by atoms with Crippen molar-refractivity contribution < 1.29 is 9.59 Å². The summed E-state index contributed by atoms with van der Waals surface area (Å²) >= 11 is 0. The van der Waals surface area contributed by atoms with E-state index >= 15 is 0 Å². The summed E-state index contributed by atoms with van der Waals surface area (Å²) in [5, 5.41) is 2.67. The van der Waals surface area contributed by atoms with Crippen molar-refractivity contribution in [2.45, 2.75) is 19.9 Å². The Balaban J connectivity index is 2.70. The Morgan fingerprint density at radius 2 is 1.89 bits per heavy atom. The van der Waals surface area contributed by atoms with Gasteiger partial charge in [0, 0.05) is 13.1 Å². The van der Waals surface area contributed by atoms with Crippen LogP contribution in [0.25, 0.3) is 0 Å². The number of likely N-dealkylation sites (N-methyl/N-ethyl adjacent to an activating group) is 2. The van der Waals surface area contributed by atoms with Crippen molar-refractivity contribution in [1.29, 1.82) is 0 Å². The first kappa shape index (κ1) is 15.2. The lowest BCUT2D eigenvalue weighted by molar-refractivity contribution is -0.137. The molecule has 0 radical (unpaired) electrons. The lowest BCUT2D eigenvalue weighted by Gasteiger charge is -2.23. The number of carbonyl (C=O) groups is 2. The molecule has 0 spiro atoms. The molecule has 104 valence electrons. The number of amides is 2. The van der Waals surface area contributed by atoms with Crippen molar-refractivity contribution in [3.8, 4) is 0 Å². The minimum atomic E-state index is -0.726. The quantitative estimate of drug-likeness (QED) is 0.792. The Morgan fingerprint density at radius 1 is 1.26 bits per heavy atom. The van der Waals surface area contributed by atoms with Crippen molar-refractivity contribution in [3.05, 3.63) is 35.9 Å². The molecule has 2 amide bonds. The molecular formula is C14H21N3O2. The molecule has 0 bridgehead atoms. The minimum Gasteiger partial charge on any atom is -0.355 e. The van der Waals surface area contributed by atoms with Crippen LogP contribution in [0.2, 0.25) is 0 Å². The van der Waals surface area contributed by atoms with Gasteiger partial charge in [0.25, 0.3) is 0 Å². The SMILES string of the molecule is CCNC(=O)CN(CC)C(=O)[C@H](N)c1ccccc1. The lowest BCUT2D eigenvalue weighted by atomic mass is 10.1. The second-order valence-electron chi connectivity index (χ2n) is 4.19. The maximum absolute atomic E-state index is 12.2. The zero-order valence-corrected chi connectivity index (χ0v) is 11.4. The molecule has 3 N–H and O–H groups in total. The van der Waals surface area contributed by atoms with Gasteiger partial charge in [-0.15, -0.1) is 0 Å². The highest BCUT2D eigenvalue weighted by atomic mass is 16.2. The molecule has 0 saturated carbocycles. The third-order valence-corrected chi connectivity index (χ3v) is 2.83. The van der Waals surface area contributed by atoms with Gasteiger partial charge < -0.3 is 16.0 Å². The fourth-order valence-electron chi connectivity index (χ4n) is 1.77. The summed E-state index contributed by atoms with van der Waals surface area (Å²) in [6.45, 7) is 4.72. The number of nitrogens with two attached hydrogens (primary N) is 1. The van der Waals surface area contributed by atoms with Gasteiger partial charge in [-0.05, 0) is 19.4 Å². The van der Waals surface area contributed by atoms with E-state index in [1.165, 1.54) is 4.90 Å². The van der Waals surface area contributed by atoms with E-state index in [2.05, 4.69) is 5.32 Å². The van der Waals surface area contributed by atoms with Crippen LogP contribution >= 0.6 is 0 Å². The zero-order chi connectivity index (χ0) is 14.3. The fourth-order valence-corrected chi connectivity index (χ4v) is 1.77. The summed E-state index contributed by atoms with van der Waals surface area (Å²) in [6, 6.07) is 8.43. The summed E-state index contributed by atoms with van der Waals surface area (Å²) in [5.74, 6) is -0.405. The average Bonchev–Trinajstić information content (AvgIpc) is 2.44. The Bertz CT molecular complexity index is 420. The van der Waals surface area contributed by atoms with E-state index in [4.69, 9.17) is 5.73 Å². The van der Waals surface area contributed by atoms with E-state index in [1.807, 2.05) is 44.2 Å². The highest BCUT2D eigenvalue weighted by Crippen LogP contribution is 2.12. The van der Waals surface area contributed by atoms with Gasteiger partial charge in [0.2, 0.25) is 11.8 Å². The Labute approximate surface area is 113 Å². The molecule has 0 aliphatic carbocycles. The van der Waals surface area contributed by atoms with Crippen molar-refractivity contribution in [2.24, 2.45) is 5.73 Å². The standard InChI is InChI=1S/C14H21N3O2/c1-3-16-12(18)10-17(4-2)14(19)13(15)11-8-6-5-7-9-11/h5-9,13H,3-4,10,15H2,1-2H3,(H,16,18)/t13-/m1/s1. The monoisotopic (exact) mass is 263 g/mol. The summed E-state index contributed by atoms with van der Waals surface area (Å²) in [4.78, 5) is 25.2. The molecule has 1 rings (SSSR count). The molecule has 1 aromatic rings. The molecule has 5 heteroatoms. The summed E-state index contributed by atoms with van der Waals surface area (Å²) in [6.07, 6.45) is 0. The third kappa shape index (κ3) is 4.37. The van der Waals surface area contributed by atoms with Crippen molar-refractivity contribution in [1.82, 2.24) is 10.2 Å². The van der Waals surface area contributed by atoms with E-state index < -0.39 is 6.04 Å². The van der Waals surface area contributed by atoms with Crippen LogP contribution in [0.1, 0.15) is 25.5 Å². The molecule has 0 unspecified atom stereocenters. The first-order valence-corrected chi connectivity index (χ1v) is 6.46. The van der Waals surface area contributed by atoms with Gasteiger partial charge in [0.1, 0.15) is 6.04 Å². The van der Waals surface area contributed by atoms with Gasteiger partial charge in [-0.1, -0.05) is 30.3 Å². The average molecular weight is 263 g/mol. The third-order valence-electron chi connectivity index (χ3n) is 2.83. The number of carbonyl (C=O) groups excluding carboxylic acids is 2. The number of nitrogens with zero attached hydrogens (tertiary/aromatic N) is 1. The van der Waals surface area contributed by atoms with Crippen LogP contribution in [0.3, 0.4) is 0 Å². The molecule has 0 aliphatic heterocycles. The lowest BCUT2D eigenvalue weighted by Crippen LogP contribution is -2.44. The highest BCUT2D eigenvalue weighted by molar-refractivity contribution is 5.88. The number of hydrogen-bond donors (Lipinski definition) is 2. The van der Waals surface area contributed by atoms with Crippen molar-refractivity contribution in [3.63, 3.8) is 0 Å². The Kier molecular flexibility index (Phi) is 6.02. The number of benzene rings is 1. The highest BCUT2D eigenvalue weighted by Gasteiger charge is 2.22. The molecule has 0 saturated heterocycles. The fraction of sp³-hybridized carbons (Fsp3) is 0.429. The number of rotatable bonds is 6. The van der Waals surface area contributed by atoms with Crippen LogP contribution in [-0.4, -0.2) is 36.3 Å². The number of hydrogen-bond acceptors (Lipinski definition) is 3. The summed E-state index contributed by atoms with van der Waals surface area (Å²) in [5.41, 5.74) is 6.69. The van der Waals surface area contributed by atoms with Gasteiger partial charge in [0.15, 0.2) is 0 Å². The van der Waals surface area contributed by atoms with Gasteiger partial charge in [-0.3, -0.25) is 9.59 Å². The minimum absolute atomic E-state index is 0.0453. The van der Waals surface area contributed by atoms with Crippen molar-refractivity contribution >= 4 is 11.8 Å². The largest absolute Gasteiger partial charge is 0.355 e. The van der Waals surface area contributed by atoms with E-state index in [1.54, 1.807) is 0 Å². The van der Waals surface area contributed by atoms with Gasteiger partial charge >= 0.3 is 0 Å². The normalized spacial score (nSPS) is 11.7. The predicted octanol–water partition coefficient (Wildman–Crippen LogP) is 0.671. The van der Waals surface area contributed by atoms with Crippen molar-refractivity contribution in [2.75, 3.05) is 19.6 Å². The maximum atomic E-state index is 12.2. The molecule has 0 aliphatic rings. The second kappa shape index (κ2) is 7.53. The molecular weight excluding hydrogens is 242 g/mol. The topological polar surface area (TPSA) is 75.4 Å². The maximum Gasteiger partial charge on any atom is 0.244 e. The van der Waals surface area contributed by atoms with E-state index in [0.29, 0.717) is 13.1 Å². The molecule has 0 fully saturated rings. The van der Waals surface area contributed by atoms with E-state index in [9.17, 15) is 9.59 Å². The van der Waals surface area contributed by atoms with Crippen LogP contribution in [0, 0.1) is 0 Å². The predicted molar refractivity (Wildman–Crippen MR) is 74.3 cm³/mol. The van der Waals surface area contributed by atoms with Gasteiger partial charge in [-0.2, -0.15) is 0 Å². The summed E-state index contributed by atoms with van der Waals surface area (Å²) < 4.78 is 0. The van der Waals surface area contributed by atoms with Gasteiger partial charge in [0.05, 0.1) is 6.54 Å². The Hall–Kier alpha value is -1.88. The van der Waals surface area contributed by atoms with Crippen LogP contribution in [-0.2, 0) is 9.59 Å². The van der Waals surface area contributed by atoms with Crippen LogP contribution in [0.4, 0.5) is 0 Å². The van der Waals surface area contributed by atoms with Crippen LogP contribution < -0.4 is 11.1 Å². The van der Waals surface area contributed by atoms with E-state index in [0.717, 1.165) is 5.56 Å². The van der Waals surface area contributed by atoms with Crippen LogP contribution in [0.15, 0.2) is 30.3 Å². The molecule has 0 heterocycles. The smallest absolute Gasteiger partial charge is 0.244 e.